The van der Waals surface area contributed by atoms with Gasteiger partial charge in [0, 0.05) is 20.9 Å². The molecule has 2 N–H and O–H groups in total. The van der Waals surface area contributed by atoms with Crippen molar-refractivity contribution in [2.45, 2.75) is 13.8 Å². The highest BCUT2D eigenvalue weighted by atomic mass is 127. The summed E-state index contributed by atoms with van der Waals surface area (Å²) in [7, 11) is 0. The van der Waals surface area contributed by atoms with Crippen LogP contribution in [0.1, 0.15) is 24.2 Å². The molecule has 0 radical (unpaired) electrons. The number of benzene rings is 2. The van der Waals surface area contributed by atoms with Crippen LogP contribution in [0.25, 0.3) is 0 Å². The summed E-state index contributed by atoms with van der Waals surface area (Å²) in [4.78, 5) is 23.8. The van der Waals surface area contributed by atoms with Crippen molar-refractivity contribution in [1.82, 2.24) is 0 Å². The molecule has 4 nitrogen and oxygen atoms in total. The fourth-order valence-electron chi connectivity index (χ4n) is 1.77. The summed E-state index contributed by atoms with van der Waals surface area (Å²) in [6.07, 6.45) is 0. The van der Waals surface area contributed by atoms with Crippen molar-refractivity contribution in [1.29, 1.82) is 0 Å². The fourth-order valence-corrected chi connectivity index (χ4v) is 2.40. The van der Waals surface area contributed by atoms with E-state index in [9.17, 15) is 9.59 Å². The van der Waals surface area contributed by atoms with Crippen LogP contribution in [0.2, 0.25) is 0 Å². The van der Waals surface area contributed by atoms with E-state index in [-0.39, 0.29) is 17.7 Å². The second-order valence-electron chi connectivity index (χ2n) is 5.16. The third-order valence-corrected chi connectivity index (χ3v) is 3.99. The lowest BCUT2D eigenvalue weighted by molar-refractivity contribution is -0.118. The minimum absolute atomic E-state index is 0.0318. The lowest BCUT2D eigenvalue weighted by atomic mass is 10.2. The molecule has 0 fully saturated rings. The highest BCUT2D eigenvalue weighted by Crippen LogP contribution is 2.17. The molecule has 0 saturated heterocycles. The SMILES string of the molecule is CC(C)C(=O)Nc1ccc(NC(=O)c2ccccc2I)cc1. The van der Waals surface area contributed by atoms with Crippen LogP contribution in [-0.2, 0) is 4.79 Å². The van der Waals surface area contributed by atoms with E-state index in [0.29, 0.717) is 16.9 Å². The number of halogens is 1. The Balaban J connectivity index is 2.04. The molecule has 2 aromatic carbocycles. The molecule has 0 heterocycles. The Labute approximate surface area is 143 Å². The Morgan fingerprint density at radius 3 is 2.00 bits per heavy atom. The van der Waals surface area contributed by atoms with E-state index in [1.165, 1.54) is 0 Å². The van der Waals surface area contributed by atoms with Gasteiger partial charge >= 0.3 is 0 Å². The van der Waals surface area contributed by atoms with Crippen molar-refractivity contribution in [2.24, 2.45) is 5.92 Å². The number of anilines is 2. The quantitative estimate of drug-likeness (QED) is 0.748. The first kappa shape index (κ1) is 16.5. The van der Waals surface area contributed by atoms with Gasteiger partial charge in [-0.2, -0.15) is 0 Å². The third kappa shape index (κ3) is 4.30. The van der Waals surface area contributed by atoms with Gasteiger partial charge in [0.1, 0.15) is 0 Å². The molecule has 114 valence electrons. The van der Waals surface area contributed by atoms with Crippen LogP contribution < -0.4 is 10.6 Å². The van der Waals surface area contributed by atoms with Crippen LogP contribution in [0, 0.1) is 9.49 Å². The standard InChI is InChI=1S/C17H17IN2O2/c1-11(2)16(21)19-12-7-9-13(10-8-12)20-17(22)14-5-3-4-6-15(14)18/h3-11H,1-2H3,(H,19,21)(H,20,22). The molecule has 2 aromatic rings. The van der Waals surface area contributed by atoms with E-state index in [0.717, 1.165) is 3.57 Å². The van der Waals surface area contributed by atoms with E-state index in [2.05, 4.69) is 33.2 Å². The summed E-state index contributed by atoms with van der Waals surface area (Å²) in [6.45, 7) is 3.68. The highest BCUT2D eigenvalue weighted by molar-refractivity contribution is 14.1. The first-order valence-corrected chi connectivity index (χ1v) is 8.02. The van der Waals surface area contributed by atoms with Gasteiger partial charge in [0.2, 0.25) is 5.91 Å². The average Bonchev–Trinajstić information content (AvgIpc) is 2.49. The Hall–Kier alpha value is -1.89. The van der Waals surface area contributed by atoms with E-state index < -0.39 is 0 Å². The monoisotopic (exact) mass is 408 g/mol. The van der Waals surface area contributed by atoms with Gasteiger partial charge in [-0.1, -0.05) is 26.0 Å². The Morgan fingerprint density at radius 2 is 1.45 bits per heavy atom. The largest absolute Gasteiger partial charge is 0.326 e. The zero-order valence-corrected chi connectivity index (χ0v) is 14.5. The number of carbonyl (C=O) groups is 2. The summed E-state index contributed by atoms with van der Waals surface area (Å²) in [5.74, 6) is -0.251. The second-order valence-corrected chi connectivity index (χ2v) is 6.32. The Bertz CT molecular complexity index is 681. The minimum atomic E-state index is -0.149. The zero-order valence-electron chi connectivity index (χ0n) is 12.4. The van der Waals surface area contributed by atoms with Gasteiger partial charge < -0.3 is 10.6 Å². The molecule has 0 aromatic heterocycles. The molecule has 2 amide bonds. The first-order chi connectivity index (χ1) is 10.5. The molecule has 0 aliphatic heterocycles. The van der Waals surface area contributed by atoms with Crippen LogP contribution in [0.15, 0.2) is 48.5 Å². The number of amides is 2. The second kappa shape index (κ2) is 7.40. The van der Waals surface area contributed by atoms with Gasteiger partial charge in [-0.15, -0.1) is 0 Å². The smallest absolute Gasteiger partial charge is 0.256 e. The predicted molar refractivity (Wildman–Crippen MR) is 97.0 cm³/mol. The Morgan fingerprint density at radius 1 is 0.909 bits per heavy atom. The molecule has 0 unspecified atom stereocenters. The topological polar surface area (TPSA) is 58.2 Å². The Kier molecular flexibility index (Phi) is 5.54. The molecule has 0 spiro atoms. The molecule has 0 bridgehead atoms. The minimum Gasteiger partial charge on any atom is -0.326 e. The van der Waals surface area contributed by atoms with Gasteiger partial charge in [0.05, 0.1) is 5.56 Å². The molecule has 22 heavy (non-hydrogen) atoms. The molecule has 0 atom stereocenters. The third-order valence-electron chi connectivity index (χ3n) is 3.05. The number of rotatable bonds is 4. The number of hydrogen-bond donors (Lipinski definition) is 2. The van der Waals surface area contributed by atoms with Gasteiger partial charge in [-0.25, -0.2) is 0 Å². The van der Waals surface area contributed by atoms with Gasteiger partial charge in [-0.05, 0) is 59.0 Å². The molecule has 2 rings (SSSR count). The number of nitrogens with one attached hydrogen (secondary N) is 2. The van der Waals surface area contributed by atoms with Crippen molar-refractivity contribution in [3.8, 4) is 0 Å². The van der Waals surface area contributed by atoms with Crippen LogP contribution in [-0.4, -0.2) is 11.8 Å². The van der Waals surface area contributed by atoms with Crippen molar-refractivity contribution in [2.75, 3.05) is 10.6 Å². The maximum absolute atomic E-state index is 12.2. The summed E-state index contributed by atoms with van der Waals surface area (Å²) >= 11 is 2.13. The lowest BCUT2D eigenvalue weighted by Gasteiger charge is -2.10. The van der Waals surface area contributed by atoms with Gasteiger partial charge in [-0.3, -0.25) is 9.59 Å². The van der Waals surface area contributed by atoms with Crippen molar-refractivity contribution < 1.29 is 9.59 Å². The summed E-state index contributed by atoms with van der Waals surface area (Å²) in [6, 6.07) is 14.5. The van der Waals surface area contributed by atoms with E-state index in [1.54, 1.807) is 30.3 Å². The molecular formula is C17H17IN2O2. The maximum Gasteiger partial charge on any atom is 0.256 e. The summed E-state index contributed by atoms with van der Waals surface area (Å²) in [5, 5.41) is 5.66. The van der Waals surface area contributed by atoms with Crippen LogP contribution in [0.5, 0.6) is 0 Å². The van der Waals surface area contributed by atoms with Gasteiger partial charge in [0.15, 0.2) is 0 Å². The van der Waals surface area contributed by atoms with Crippen molar-refractivity contribution in [3.05, 3.63) is 57.7 Å². The van der Waals surface area contributed by atoms with Crippen molar-refractivity contribution >= 4 is 45.8 Å². The molecule has 0 saturated carbocycles. The summed E-state index contributed by atoms with van der Waals surface area (Å²) in [5.41, 5.74) is 2.04. The lowest BCUT2D eigenvalue weighted by Crippen LogP contribution is -2.17. The van der Waals surface area contributed by atoms with Crippen LogP contribution in [0.4, 0.5) is 11.4 Å². The molecular weight excluding hydrogens is 391 g/mol. The average molecular weight is 408 g/mol. The normalized spacial score (nSPS) is 10.4. The van der Waals surface area contributed by atoms with E-state index >= 15 is 0 Å². The molecule has 5 heteroatoms. The van der Waals surface area contributed by atoms with Crippen LogP contribution >= 0.6 is 22.6 Å². The maximum atomic E-state index is 12.2. The van der Waals surface area contributed by atoms with Crippen LogP contribution in [0.3, 0.4) is 0 Å². The highest BCUT2D eigenvalue weighted by Gasteiger charge is 2.10. The fraction of sp³-hybridized carbons (Fsp3) is 0.176. The molecule has 0 aliphatic carbocycles. The van der Waals surface area contributed by atoms with E-state index in [1.807, 2.05) is 32.0 Å². The van der Waals surface area contributed by atoms with Gasteiger partial charge in [0.25, 0.3) is 5.91 Å². The first-order valence-electron chi connectivity index (χ1n) is 6.94. The zero-order chi connectivity index (χ0) is 16.1. The van der Waals surface area contributed by atoms with E-state index in [4.69, 9.17) is 0 Å². The molecule has 0 aliphatic rings. The number of hydrogen-bond acceptors (Lipinski definition) is 2. The number of carbonyl (C=O) groups excluding carboxylic acids is 2. The van der Waals surface area contributed by atoms with Crippen molar-refractivity contribution in [3.63, 3.8) is 0 Å². The summed E-state index contributed by atoms with van der Waals surface area (Å²) < 4.78 is 0.901. The predicted octanol–water partition coefficient (Wildman–Crippen LogP) is 4.14.